The lowest BCUT2D eigenvalue weighted by Crippen LogP contribution is -2.21. The van der Waals surface area contributed by atoms with Crippen LogP contribution in [0.25, 0.3) is 0 Å². The first-order valence-corrected chi connectivity index (χ1v) is 9.32. The normalized spacial score (nSPS) is 10.9. The fourth-order valence-electron chi connectivity index (χ4n) is 2.22. The third kappa shape index (κ3) is 7.85. The number of aliphatic carboxylic acids is 1. The molecular weight excluding hydrogens is 459 g/mol. The van der Waals surface area contributed by atoms with Gasteiger partial charge in [-0.05, 0) is 42.0 Å². The van der Waals surface area contributed by atoms with Gasteiger partial charge in [-0.2, -0.15) is 18.3 Å². The molecule has 1 aromatic heterocycles. The number of rotatable bonds is 6. The second-order valence-electron chi connectivity index (χ2n) is 6.43. The Kier molecular flexibility index (Phi) is 8.59. The number of alkyl halides is 3. The molecule has 0 atom stereocenters. The number of hydrogen-bond acceptors (Lipinski definition) is 9. The number of methoxy groups -OCH3 is 1. The summed E-state index contributed by atoms with van der Waals surface area (Å²) in [5, 5.41) is 24.6. The highest BCUT2D eigenvalue weighted by Gasteiger charge is 2.38. The van der Waals surface area contributed by atoms with Gasteiger partial charge in [0.25, 0.3) is 0 Å². The minimum atomic E-state index is -5.08. The van der Waals surface area contributed by atoms with Crippen LogP contribution in [0.2, 0.25) is 0 Å². The van der Waals surface area contributed by atoms with Crippen LogP contribution in [0.5, 0.6) is 17.2 Å². The minimum absolute atomic E-state index is 0.145. The SMILES string of the molecule is COc1ccc(COc2cc(N=Nc3ccc(O)cc3)c(N)nc2N)cc1.O=C(O)C(F)(F)F. The maximum Gasteiger partial charge on any atom is 0.490 e. The number of phenolic OH excluding ortho intramolecular Hbond substituents is 1. The summed E-state index contributed by atoms with van der Waals surface area (Å²) in [6.07, 6.45) is -5.08. The van der Waals surface area contributed by atoms with Gasteiger partial charge in [-0.3, -0.25) is 0 Å². The molecule has 3 rings (SSSR count). The first-order chi connectivity index (χ1) is 16.0. The van der Waals surface area contributed by atoms with Crippen molar-refractivity contribution in [2.24, 2.45) is 10.2 Å². The molecule has 34 heavy (non-hydrogen) atoms. The van der Waals surface area contributed by atoms with Gasteiger partial charge in [0.2, 0.25) is 0 Å². The summed E-state index contributed by atoms with van der Waals surface area (Å²) in [4.78, 5) is 13.0. The smallest absolute Gasteiger partial charge is 0.490 e. The Morgan fingerprint density at radius 3 is 2.15 bits per heavy atom. The lowest BCUT2D eigenvalue weighted by Gasteiger charge is -2.10. The van der Waals surface area contributed by atoms with Crippen LogP contribution in [0.15, 0.2) is 64.8 Å². The number of nitrogens with two attached hydrogens (primary N) is 2. The van der Waals surface area contributed by atoms with Crippen molar-refractivity contribution in [1.29, 1.82) is 0 Å². The average Bonchev–Trinajstić information content (AvgIpc) is 2.79. The van der Waals surface area contributed by atoms with Gasteiger partial charge in [0, 0.05) is 6.07 Å². The van der Waals surface area contributed by atoms with E-state index in [0.717, 1.165) is 11.3 Å². The molecule has 0 amide bonds. The lowest BCUT2D eigenvalue weighted by atomic mass is 10.2. The number of azo groups is 1. The number of hydrogen-bond donors (Lipinski definition) is 4. The van der Waals surface area contributed by atoms with E-state index in [1.165, 1.54) is 12.1 Å². The Labute approximate surface area is 191 Å². The molecule has 0 unspecified atom stereocenters. The number of benzene rings is 2. The molecule has 1 heterocycles. The molecule has 2 aromatic carbocycles. The van der Waals surface area contributed by atoms with E-state index in [0.29, 0.717) is 23.7 Å². The first kappa shape index (κ1) is 25.7. The van der Waals surface area contributed by atoms with Gasteiger partial charge in [-0.1, -0.05) is 12.1 Å². The number of nitrogen functional groups attached to an aromatic ring is 2. The van der Waals surface area contributed by atoms with Gasteiger partial charge in [0.1, 0.15) is 23.8 Å². The Balaban J connectivity index is 0.000000509. The third-order valence-corrected chi connectivity index (χ3v) is 3.94. The van der Waals surface area contributed by atoms with E-state index in [1.54, 1.807) is 25.3 Å². The molecule has 6 N–H and O–H groups in total. The fourth-order valence-corrected chi connectivity index (χ4v) is 2.22. The number of ether oxygens (including phenoxy) is 2. The van der Waals surface area contributed by atoms with Crippen LogP contribution in [0.1, 0.15) is 5.56 Å². The standard InChI is InChI=1S/C19H19N5O3.C2HF3O2/c1-26-15-8-2-12(3-9-15)11-27-17-10-16(18(20)22-19(17)21)24-23-13-4-6-14(25)7-5-13;3-2(4,5)1(6)7/h2-10,25H,11H2,1H3,(H4,20,21,22);(H,6,7). The highest BCUT2D eigenvalue weighted by molar-refractivity contribution is 5.73. The zero-order valence-corrected chi connectivity index (χ0v) is 17.7. The quantitative estimate of drug-likeness (QED) is 0.373. The summed E-state index contributed by atoms with van der Waals surface area (Å²) in [5.74, 6) is -1.16. The van der Waals surface area contributed by atoms with Crippen LogP contribution in [0, 0.1) is 0 Å². The summed E-state index contributed by atoms with van der Waals surface area (Å²) < 4.78 is 42.6. The summed E-state index contributed by atoms with van der Waals surface area (Å²) >= 11 is 0. The van der Waals surface area contributed by atoms with E-state index in [9.17, 15) is 18.3 Å². The molecule has 3 aromatic rings. The monoisotopic (exact) mass is 479 g/mol. The molecule has 10 nitrogen and oxygen atoms in total. The average molecular weight is 479 g/mol. The van der Waals surface area contributed by atoms with Crippen molar-refractivity contribution in [3.8, 4) is 17.2 Å². The van der Waals surface area contributed by atoms with Gasteiger partial charge in [0.05, 0.1) is 12.8 Å². The number of aromatic nitrogens is 1. The number of carbonyl (C=O) groups is 1. The van der Waals surface area contributed by atoms with Crippen molar-refractivity contribution in [2.75, 3.05) is 18.6 Å². The van der Waals surface area contributed by atoms with E-state index in [-0.39, 0.29) is 17.4 Å². The number of pyridine rings is 1. The second-order valence-corrected chi connectivity index (χ2v) is 6.43. The number of nitrogens with zero attached hydrogens (tertiary/aromatic N) is 3. The van der Waals surface area contributed by atoms with Gasteiger partial charge >= 0.3 is 12.1 Å². The predicted octanol–water partition coefficient (Wildman–Crippen LogP) is 4.59. The van der Waals surface area contributed by atoms with E-state index >= 15 is 0 Å². The van der Waals surface area contributed by atoms with E-state index in [2.05, 4.69) is 15.2 Å². The molecule has 0 fully saturated rings. The molecule has 0 aliphatic carbocycles. The van der Waals surface area contributed by atoms with Crippen LogP contribution in [-0.2, 0) is 11.4 Å². The second kappa shape index (κ2) is 11.4. The van der Waals surface area contributed by atoms with E-state index in [1.807, 2.05) is 24.3 Å². The Morgan fingerprint density at radius 1 is 1.03 bits per heavy atom. The van der Waals surface area contributed by atoms with Crippen molar-refractivity contribution in [1.82, 2.24) is 4.98 Å². The van der Waals surface area contributed by atoms with Crippen LogP contribution in [0.3, 0.4) is 0 Å². The van der Waals surface area contributed by atoms with Crippen molar-refractivity contribution < 1.29 is 37.7 Å². The summed E-state index contributed by atoms with van der Waals surface area (Å²) in [7, 11) is 1.61. The van der Waals surface area contributed by atoms with Crippen LogP contribution in [0.4, 0.5) is 36.2 Å². The first-order valence-electron chi connectivity index (χ1n) is 9.32. The molecular formula is C21H20F3N5O5. The highest BCUT2D eigenvalue weighted by Crippen LogP contribution is 2.32. The van der Waals surface area contributed by atoms with Gasteiger partial charge in [-0.25, -0.2) is 9.78 Å². The minimum Gasteiger partial charge on any atom is -0.508 e. The summed E-state index contributed by atoms with van der Waals surface area (Å²) in [5.41, 5.74) is 13.6. The number of anilines is 2. The maximum absolute atomic E-state index is 10.6. The summed E-state index contributed by atoms with van der Waals surface area (Å²) in [6, 6.07) is 15.4. The number of halogens is 3. The van der Waals surface area contributed by atoms with Gasteiger partial charge in [0.15, 0.2) is 17.4 Å². The van der Waals surface area contributed by atoms with Crippen molar-refractivity contribution in [3.05, 3.63) is 60.2 Å². The van der Waals surface area contributed by atoms with Crippen molar-refractivity contribution >= 4 is 29.0 Å². The number of carboxylic acid groups (broad SMARTS) is 1. The Hall–Kier alpha value is -4.55. The van der Waals surface area contributed by atoms with Gasteiger partial charge in [-0.15, -0.1) is 5.11 Å². The topological polar surface area (TPSA) is 166 Å². The van der Waals surface area contributed by atoms with E-state index in [4.69, 9.17) is 30.8 Å². The van der Waals surface area contributed by atoms with Crippen molar-refractivity contribution in [2.45, 2.75) is 12.8 Å². The summed E-state index contributed by atoms with van der Waals surface area (Å²) in [6.45, 7) is 0.300. The predicted molar refractivity (Wildman–Crippen MR) is 116 cm³/mol. The van der Waals surface area contributed by atoms with Crippen LogP contribution >= 0.6 is 0 Å². The zero-order valence-electron chi connectivity index (χ0n) is 17.7. The van der Waals surface area contributed by atoms with E-state index < -0.39 is 12.1 Å². The van der Waals surface area contributed by atoms with Gasteiger partial charge < -0.3 is 31.2 Å². The largest absolute Gasteiger partial charge is 0.508 e. The Bertz CT molecular complexity index is 1140. The zero-order chi connectivity index (χ0) is 25.3. The molecule has 0 spiro atoms. The molecule has 0 aliphatic heterocycles. The molecule has 0 saturated heterocycles. The van der Waals surface area contributed by atoms with Crippen molar-refractivity contribution in [3.63, 3.8) is 0 Å². The Morgan fingerprint density at radius 2 is 1.62 bits per heavy atom. The highest BCUT2D eigenvalue weighted by atomic mass is 19.4. The number of carboxylic acids is 1. The van der Waals surface area contributed by atoms with Crippen LogP contribution in [-0.4, -0.2) is 34.5 Å². The number of aromatic hydroxyl groups is 1. The molecule has 13 heteroatoms. The fraction of sp³-hybridized carbons (Fsp3) is 0.143. The third-order valence-electron chi connectivity index (χ3n) is 3.94. The maximum atomic E-state index is 10.6. The van der Waals surface area contributed by atoms with Crippen LogP contribution < -0.4 is 20.9 Å². The molecule has 0 aliphatic rings. The lowest BCUT2D eigenvalue weighted by molar-refractivity contribution is -0.192. The molecule has 0 bridgehead atoms. The molecule has 0 saturated carbocycles. The number of phenols is 1. The molecule has 0 radical (unpaired) electrons. The molecule has 180 valence electrons.